The van der Waals surface area contributed by atoms with Gasteiger partial charge in [-0.3, -0.25) is 4.79 Å². The minimum atomic E-state index is -1.38. The number of ether oxygens (including phenoxy) is 1. The topological polar surface area (TPSA) is 115 Å². The van der Waals surface area contributed by atoms with Crippen LogP contribution in [0, 0.1) is 5.92 Å². The van der Waals surface area contributed by atoms with Crippen LogP contribution in [0.2, 0.25) is 0 Å². The van der Waals surface area contributed by atoms with Crippen LogP contribution in [0.3, 0.4) is 0 Å². The van der Waals surface area contributed by atoms with Crippen LogP contribution in [0.4, 0.5) is 16.3 Å². The highest BCUT2D eigenvalue weighted by Crippen LogP contribution is 2.36. The second-order valence-corrected chi connectivity index (χ2v) is 7.01. The second kappa shape index (κ2) is 7.90. The van der Waals surface area contributed by atoms with Gasteiger partial charge in [-0.25, -0.2) is 14.4 Å². The molecule has 8 nitrogen and oxygen atoms in total. The highest BCUT2D eigenvalue weighted by atomic mass is 19.1. The summed E-state index contributed by atoms with van der Waals surface area (Å²) < 4.78 is 20.0. The molecule has 4 N–H and O–H groups in total. The van der Waals surface area contributed by atoms with Crippen molar-refractivity contribution in [2.24, 2.45) is 5.92 Å². The summed E-state index contributed by atoms with van der Waals surface area (Å²) in [5.74, 6) is 0.743. The number of aromatic nitrogens is 3. The summed E-state index contributed by atoms with van der Waals surface area (Å²) in [6.45, 7) is 0.764. The van der Waals surface area contributed by atoms with Crippen LogP contribution in [0.1, 0.15) is 38.5 Å². The monoisotopic (exact) mass is 352 g/mol. The average molecular weight is 352 g/mol. The van der Waals surface area contributed by atoms with E-state index in [-0.39, 0.29) is 49.8 Å². The Bertz CT molecular complexity index is 590. The van der Waals surface area contributed by atoms with Crippen molar-refractivity contribution in [1.29, 1.82) is 0 Å². The lowest BCUT2D eigenvalue weighted by molar-refractivity contribution is -0.128. The summed E-state index contributed by atoms with van der Waals surface area (Å²) in [5, 5.41) is 5.62. The van der Waals surface area contributed by atoms with E-state index in [0.717, 1.165) is 0 Å². The molecule has 0 atom stereocenters. The number of hydrogen-bond acceptors (Lipinski definition) is 7. The van der Waals surface area contributed by atoms with Gasteiger partial charge in [0.2, 0.25) is 17.8 Å². The summed E-state index contributed by atoms with van der Waals surface area (Å²) in [6, 6.07) is -0.155. The Hall–Kier alpha value is -2.03. The highest BCUT2D eigenvalue weighted by Gasteiger charge is 2.45. The molecule has 1 heterocycles. The van der Waals surface area contributed by atoms with Crippen molar-refractivity contribution in [2.45, 2.75) is 50.2 Å². The maximum Gasteiger partial charge on any atom is 0.246 e. The summed E-state index contributed by atoms with van der Waals surface area (Å²) >= 11 is 0. The van der Waals surface area contributed by atoms with Gasteiger partial charge in [0.15, 0.2) is 0 Å². The van der Waals surface area contributed by atoms with Crippen LogP contribution in [0.5, 0.6) is 0 Å². The fraction of sp³-hybridized carbons (Fsp3) is 0.750. The molecule has 1 amide bonds. The molecule has 1 aromatic heterocycles. The Morgan fingerprint density at radius 3 is 2.84 bits per heavy atom. The van der Waals surface area contributed by atoms with E-state index in [1.807, 2.05) is 0 Å². The molecule has 0 unspecified atom stereocenters. The third kappa shape index (κ3) is 5.22. The van der Waals surface area contributed by atoms with Gasteiger partial charge in [0, 0.05) is 18.9 Å². The molecule has 0 aromatic carbocycles. The van der Waals surface area contributed by atoms with Crippen molar-refractivity contribution >= 4 is 17.8 Å². The van der Waals surface area contributed by atoms with E-state index < -0.39 is 5.67 Å². The molecule has 0 bridgehead atoms. The minimum Gasteiger partial charge on any atom is -0.371 e. The number of carbonyl (C=O) groups is 1. The third-order valence-corrected chi connectivity index (χ3v) is 4.80. The van der Waals surface area contributed by atoms with Gasteiger partial charge in [0.05, 0.1) is 13.2 Å². The number of carbonyl (C=O) groups excluding carboxylic acids is 1. The summed E-state index contributed by atoms with van der Waals surface area (Å²) in [7, 11) is 0. The zero-order chi connectivity index (χ0) is 17.7. The van der Waals surface area contributed by atoms with E-state index in [1.165, 1.54) is 32.0 Å². The first kappa shape index (κ1) is 17.8. The Balaban J connectivity index is 1.30. The van der Waals surface area contributed by atoms with Gasteiger partial charge in [0.1, 0.15) is 18.6 Å². The predicted octanol–water partition coefficient (Wildman–Crippen LogP) is 1.06. The molecule has 1 aromatic rings. The molecule has 25 heavy (non-hydrogen) atoms. The molecule has 2 saturated carbocycles. The quantitative estimate of drug-likeness (QED) is 0.641. The van der Waals surface area contributed by atoms with Crippen LogP contribution in [0.15, 0.2) is 6.33 Å². The molecular formula is C16H25FN6O2. The van der Waals surface area contributed by atoms with E-state index in [4.69, 9.17) is 10.5 Å². The number of anilines is 2. The van der Waals surface area contributed by atoms with Crippen molar-refractivity contribution in [3.8, 4) is 0 Å². The van der Waals surface area contributed by atoms with E-state index >= 15 is 0 Å². The molecule has 2 fully saturated rings. The zero-order valence-corrected chi connectivity index (χ0v) is 14.2. The number of amides is 1. The Morgan fingerprint density at radius 1 is 1.36 bits per heavy atom. The number of nitrogens with zero attached hydrogens (tertiary/aromatic N) is 3. The van der Waals surface area contributed by atoms with Crippen LogP contribution in [0.25, 0.3) is 0 Å². The van der Waals surface area contributed by atoms with Gasteiger partial charge in [-0.05, 0) is 18.8 Å². The lowest BCUT2D eigenvalue weighted by Gasteiger charge is -2.41. The maximum absolute atomic E-state index is 14.5. The molecule has 2 aliphatic rings. The standard InChI is InChI=1S/C16H25FN6O2/c17-16(9-19-15-21-10-20-14(18)23-15)5-12(6-16)22-13(24)8-25-7-11-3-1-2-4-11/h10-12H,1-9H2,(H,22,24)(H3,18,19,20,21,23). The first-order chi connectivity index (χ1) is 12.0. The molecule has 2 aliphatic carbocycles. The fourth-order valence-electron chi connectivity index (χ4n) is 3.47. The first-order valence-corrected chi connectivity index (χ1v) is 8.77. The van der Waals surface area contributed by atoms with Gasteiger partial charge in [-0.15, -0.1) is 0 Å². The van der Waals surface area contributed by atoms with Crippen molar-refractivity contribution in [3.63, 3.8) is 0 Å². The minimum absolute atomic E-state index is 0.0503. The molecule has 9 heteroatoms. The van der Waals surface area contributed by atoms with E-state index in [2.05, 4.69) is 25.6 Å². The molecule has 0 saturated heterocycles. The number of rotatable bonds is 8. The van der Waals surface area contributed by atoms with Gasteiger partial charge in [0.25, 0.3) is 0 Å². The predicted molar refractivity (Wildman–Crippen MR) is 90.5 cm³/mol. The highest BCUT2D eigenvalue weighted by molar-refractivity contribution is 5.77. The van der Waals surface area contributed by atoms with Crippen LogP contribution in [-0.4, -0.2) is 52.3 Å². The van der Waals surface area contributed by atoms with Crippen molar-refractivity contribution in [2.75, 3.05) is 30.8 Å². The number of nitrogens with two attached hydrogens (primary N) is 1. The summed E-state index contributed by atoms with van der Waals surface area (Å²) in [5.41, 5.74) is 4.06. The normalized spacial score (nSPS) is 26.2. The number of hydrogen-bond donors (Lipinski definition) is 3. The van der Waals surface area contributed by atoms with Gasteiger partial charge in [-0.2, -0.15) is 4.98 Å². The molecule has 0 aliphatic heterocycles. The molecule has 0 spiro atoms. The molecule has 0 radical (unpaired) electrons. The second-order valence-electron chi connectivity index (χ2n) is 7.01. The molecular weight excluding hydrogens is 327 g/mol. The van der Waals surface area contributed by atoms with E-state index in [9.17, 15) is 9.18 Å². The Morgan fingerprint density at radius 2 is 2.12 bits per heavy atom. The summed E-state index contributed by atoms with van der Waals surface area (Å²) in [6.07, 6.45) is 6.68. The largest absolute Gasteiger partial charge is 0.371 e. The first-order valence-electron chi connectivity index (χ1n) is 8.77. The lowest BCUT2D eigenvalue weighted by Crippen LogP contribution is -2.56. The number of nitrogens with one attached hydrogen (secondary N) is 2. The van der Waals surface area contributed by atoms with E-state index in [1.54, 1.807) is 0 Å². The molecule has 3 rings (SSSR count). The van der Waals surface area contributed by atoms with Crippen molar-refractivity contribution < 1.29 is 13.9 Å². The Kier molecular flexibility index (Phi) is 5.62. The summed E-state index contributed by atoms with van der Waals surface area (Å²) in [4.78, 5) is 23.2. The Labute approximate surface area is 146 Å². The van der Waals surface area contributed by atoms with Gasteiger partial charge in [-0.1, -0.05) is 12.8 Å². The lowest BCUT2D eigenvalue weighted by atomic mass is 9.77. The SMILES string of the molecule is Nc1ncnc(NCC2(F)CC(NC(=O)COCC3CCCC3)C2)n1. The number of nitrogen functional groups attached to an aromatic ring is 1. The van der Waals surface area contributed by atoms with Gasteiger partial charge >= 0.3 is 0 Å². The van der Waals surface area contributed by atoms with Crippen molar-refractivity contribution in [1.82, 2.24) is 20.3 Å². The smallest absolute Gasteiger partial charge is 0.246 e. The van der Waals surface area contributed by atoms with Crippen molar-refractivity contribution in [3.05, 3.63) is 6.33 Å². The van der Waals surface area contributed by atoms with Crippen LogP contribution < -0.4 is 16.4 Å². The number of halogens is 1. The third-order valence-electron chi connectivity index (χ3n) is 4.80. The zero-order valence-electron chi connectivity index (χ0n) is 14.2. The van der Waals surface area contributed by atoms with Gasteiger partial charge < -0.3 is 21.1 Å². The van der Waals surface area contributed by atoms with Crippen LogP contribution in [-0.2, 0) is 9.53 Å². The number of alkyl halides is 1. The fourth-order valence-corrected chi connectivity index (χ4v) is 3.47. The van der Waals surface area contributed by atoms with E-state index in [0.29, 0.717) is 12.5 Å². The average Bonchev–Trinajstić information content (AvgIpc) is 3.05. The maximum atomic E-state index is 14.5. The van der Waals surface area contributed by atoms with Crippen LogP contribution >= 0.6 is 0 Å². The molecule has 138 valence electrons.